The Morgan fingerprint density at radius 1 is 1.29 bits per heavy atom. The summed E-state index contributed by atoms with van der Waals surface area (Å²) in [5.41, 5.74) is 0. The minimum Gasteiger partial charge on any atom is -0.457 e. The molecule has 0 aromatic rings. The van der Waals surface area contributed by atoms with E-state index < -0.39 is 36.7 Å². The molecule has 0 unspecified atom stereocenters. The number of rotatable bonds is 1. The van der Waals surface area contributed by atoms with Crippen molar-refractivity contribution >= 4 is 5.97 Å². The molecule has 0 aliphatic carbocycles. The molecule has 5 atom stereocenters. The minimum absolute atomic E-state index is 0.576. The van der Waals surface area contributed by atoms with E-state index in [0.29, 0.717) is 0 Å². The van der Waals surface area contributed by atoms with Crippen LogP contribution in [0.2, 0.25) is 0 Å². The van der Waals surface area contributed by atoms with Gasteiger partial charge in [-0.2, -0.15) is 0 Å². The summed E-state index contributed by atoms with van der Waals surface area (Å²) < 4.78 is 9.60. The van der Waals surface area contributed by atoms with Crippen molar-refractivity contribution in [2.24, 2.45) is 0 Å². The fourth-order valence-corrected chi connectivity index (χ4v) is 1.38. The van der Waals surface area contributed by atoms with Crippen molar-refractivity contribution in [3.8, 4) is 0 Å². The Hall–Kier alpha value is -0.690. The molecule has 0 bridgehead atoms. The Morgan fingerprint density at radius 3 is 2.36 bits per heavy atom. The topological polar surface area (TPSA) is 96.2 Å². The van der Waals surface area contributed by atoms with Crippen LogP contribution in [-0.2, 0) is 14.3 Å². The Bertz CT molecular complexity index is 218. The van der Waals surface area contributed by atoms with E-state index in [4.69, 9.17) is 14.6 Å². The van der Waals surface area contributed by atoms with Gasteiger partial charge < -0.3 is 24.8 Å². The molecule has 1 rings (SSSR count). The Balaban J connectivity index is 2.68. The van der Waals surface area contributed by atoms with Gasteiger partial charge in [-0.05, 0) is 6.92 Å². The molecule has 6 nitrogen and oxygen atoms in total. The van der Waals surface area contributed by atoms with Crippen LogP contribution in [-0.4, -0.2) is 52.0 Å². The summed E-state index contributed by atoms with van der Waals surface area (Å²) in [6, 6.07) is 0. The average Bonchev–Trinajstić information content (AvgIpc) is 2.09. The third kappa shape index (κ3) is 2.21. The minimum atomic E-state index is -1.46. The molecule has 0 amide bonds. The number of aliphatic hydroxyl groups is 3. The Kier molecular flexibility index (Phi) is 3.43. The van der Waals surface area contributed by atoms with Gasteiger partial charge in [-0.15, -0.1) is 0 Å². The summed E-state index contributed by atoms with van der Waals surface area (Å²) >= 11 is 0. The van der Waals surface area contributed by atoms with Crippen LogP contribution < -0.4 is 0 Å². The van der Waals surface area contributed by atoms with Crippen LogP contribution in [0.5, 0.6) is 0 Å². The summed E-state index contributed by atoms with van der Waals surface area (Å²) in [7, 11) is 0. The van der Waals surface area contributed by atoms with Crippen LogP contribution in [0.25, 0.3) is 0 Å². The zero-order valence-corrected chi connectivity index (χ0v) is 7.95. The van der Waals surface area contributed by atoms with Crippen LogP contribution in [0.15, 0.2) is 0 Å². The smallest absolute Gasteiger partial charge is 0.303 e. The van der Waals surface area contributed by atoms with E-state index in [0.717, 1.165) is 0 Å². The number of aliphatic hydroxyl groups excluding tert-OH is 3. The Morgan fingerprint density at radius 2 is 1.86 bits per heavy atom. The number of carbonyl (C=O) groups is 1. The second-order valence-electron chi connectivity index (χ2n) is 3.29. The van der Waals surface area contributed by atoms with Crippen LogP contribution >= 0.6 is 0 Å². The summed E-state index contributed by atoms with van der Waals surface area (Å²) in [5, 5.41) is 27.8. The van der Waals surface area contributed by atoms with Crippen molar-refractivity contribution in [1.29, 1.82) is 0 Å². The van der Waals surface area contributed by atoms with Crippen molar-refractivity contribution in [2.45, 2.75) is 44.6 Å². The second-order valence-corrected chi connectivity index (χ2v) is 3.29. The lowest BCUT2D eigenvalue weighted by Crippen LogP contribution is -2.57. The Labute approximate surface area is 81.1 Å². The standard InChI is InChI=1S/C8H14O6/c1-3-7(14-4(2)9)5(10)6(11)8(12)13-3/h3,5-8,10-12H,1-2H3/t3-,5-,6+,7-,8+/m0/s1. The molecule has 82 valence electrons. The lowest BCUT2D eigenvalue weighted by Gasteiger charge is -2.38. The molecule has 1 saturated heterocycles. The van der Waals surface area contributed by atoms with E-state index in [1.807, 2.05) is 0 Å². The van der Waals surface area contributed by atoms with Gasteiger partial charge in [0.1, 0.15) is 12.2 Å². The summed E-state index contributed by atoms with van der Waals surface area (Å²) in [6.07, 6.45) is -5.86. The van der Waals surface area contributed by atoms with Gasteiger partial charge in [0.2, 0.25) is 0 Å². The van der Waals surface area contributed by atoms with Crippen LogP contribution in [0.4, 0.5) is 0 Å². The molecule has 0 spiro atoms. The quantitative estimate of drug-likeness (QED) is 0.446. The van der Waals surface area contributed by atoms with Gasteiger partial charge >= 0.3 is 5.97 Å². The van der Waals surface area contributed by atoms with Crippen LogP contribution in [0.1, 0.15) is 13.8 Å². The first kappa shape index (κ1) is 11.4. The molecule has 6 heteroatoms. The van der Waals surface area contributed by atoms with E-state index in [-0.39, 0.29) is 0 Å². The van der Waals surface area contributed by atoms with Crippen molar-refractivity contribution in [2.75, 3.05) is 0 Å². The highest BCUT2D eigenvalue weighted by atomic mass is 16.7. The summed E-state index contributed by atoms with van der Waals surface area (Å²) in [5.74, 6) is -0.576. The third-order valence-corrected chi connectivity index (χ3v) is 2.10. The maximum atomic E-state index is 10.7. The molecule has 0 aromatic carbocycles. The van der Waals surface area contributed by atoms with Crippen LogP contribution in [0.3, 0.4) is 0 Å². The van der Waals surface area contributed by atoms with Crippen molar-refractivity contribution < 1.29 is 29.6 Å². The molecular weight excluding hydrogens is 192 g/mol. The number of ether oxygens (including phenoxy) is 2. The number of esters is 1. The van der Waals surface area contributed by atoms with Gasteiger partial charge in [0.05, 0.1) is 6.10 Å². The molecule has 1 aliphatic heterocycles. The predicted octanol–water partition coefficient (Wildman–Crippen LogP) is -1.62. The van der Waals surface area contributed by atoms with Crippen molar-refractivity contribution in [3.05, 3.63) is 0 Å². The van der Waals surface area contributed by atoms with Crippen molar-refractivity contribution in [1.82, 2.24) is 0 Å². The monoisotopic (exact) mass is 206 g/mol. The normalized spacial score (nSPS) is 43.4. The molecule has 1 heterocycles. The number of hydrogen-bond donors (Lipinski definition) is 3. The van der Waals surface area contributed by atoms with Gasteiger partial charge in [-0.25, -0.2) is 0 Å². The molecule has 1 aliphatic rings. The first-order chi connectivity index (χ1) is 6.43. The second kappa shape index (κ2) is 4.22. The highest BCUT2D eigenvalue weighted by Crippen LogP contribution is 2.21. The molecule has 0 radical (unpaired) electrons. The molecule has 0 aromatic heterocycles. The van der Waals surface area contributed by atoms with Gasteiger partial charge in [0.15, 0.2) is 12.4 Å². The zero-order chi connectivity index (χ0) is 10.9. The number of hydrogen-bond acceptors (Lipinski definition) is 6. The van der Waals surface area contributed by atoms with E-state index in [1.54, 1.807) is 0 Å². The third-order valence-electron chi connectivity index (χ3n) is 2.10. The summed E-state index contributed by atoms with van der Waals surface area (Å²) in [6.45, 7) is 2.72. The lowest BCUT2D eigenvalue weighted by molar-refractivity contribution is -0.281. The molecule has 3 N–H and O–H groups in total. The van der Waals surface area contributed by atoms with Gasteiger partial charge in [0.25, 0.3) is 0 Å². The highest BCUT2D eigenvalue weighted by molar-refractivity contribution is 5.66. The fraction of sp³-hybridized carbons (Fsp3) is 0.875. The van der Waals surface area contributed by atoms with E-state index in [1.165, 1.54) is 13.8 Å². The fourth-order valence-electron chi connectivity index (χ4n) is 1.38. The largest absolute Gasteiger partial charge is 0.457 e. The number of carbonyl (C=O) groups excluding carboxylic acids is 1. The van der Waals surface area contributed by atoms with Crippen molar-refractivity contribution in [3.63, 3.8) is 0 Å². The van der Waals surface area contributed by atoms with Crippen LogP contribution in [0, 0.1) is 0 Å². The molecule has 14 heavy (non-hydrogen) atoms. The maximum absolute atomic E-state index is 10.7. The molecule has 0 saturated carbocycles. The first-order valence-corrected chi connectivity index (χ1v) is 4.30. The maximum Gasteiger partial charge on any atom is 0.303 e. The molecular formula is C8H14O6. The summed E-state index contributed by atoms with van der Waals surface area (Å²) in [4.78, 5) is 10.7. The first-order valence-electron chi connectivity index (χ1n) is 4.30. The lowest BCUT2D eigenvalue weighted by atomic mass is 10.00. The zero-order valence-electron chi connectivity index (χ0n) is 7.95. The predicted molar refractivity (Wildman–Crippen MR) is 44.1 cm³/mol. The van der Waals surface area contributed by atoms with Gasteiger partial charge in [-0.3, -0.25) is 4.79 Å². The van der Waals surface area contributed by atoms with E-state index >= 15 is 0 Å². The SMILES string of the molecule is CC(=O)O[C@@H]1[C@@H](O)[C@@H](O)[C@H](O)O[C@H]1C. The highest BCUT2D eigenvalue weighted by Gasteiger charge is 2.43. The van der Waals surface area contributed by atoms with Gasteiger partial charge in [0, 0.05) is 6.92 Å². The molecule has 1 fully saturated rings. The van der Waals surface area contributed by atoms with Gasteiger partial charge in [-0.1, -0.05) is 0 Å². The van der Waals surface area contributed by atoms with E-state index in [2.05, 4.69) is 0 Å². The average molecular weight is 206 g/mol. The van der Waals surface area contributed by atoms with E-state index in [9.17, 15) is 15.0 Å².